The molecule has 59 heavy (non-hydrogen) atoms. The summed E-state index contributed by atoms with van der Waals surface area (Å²) in [5.74, 6) is -2.31. The molecule has 0 spiro atoms. The van der Waals surface area contributed by atoms with Crippen molar-refractivity contribution in [2.24, 2.45) is 33.8 Å². The molecule has 0 aromatic carbocycles. The number of carbonyl (C=O) groups is 2. The van der Waals surface area contributed by atoms with Crippen molar-refractivity contribution in [1.82, 2.24) is 19.8 Å². The Bertz CT molecular complexity index is 1890. The van der Waals surface area contributed by atoms with Gasteiger partial charge in [-0.15, -0.1) is 0 Å². The van der Waals surface area contributed by atoms with E-state index < -0.39 is 71.8 Å². The number of ether oxygens (including phenoxy) is 6. The Morgan fingerprint density at radius 3 is 2.61 bits per heavy atom. The van der Waals surface area contributed by atoms with Gasteiger partial charge in [-0.05, 0) is 79.1 Å². The number of carbonyl (C=O) groups excluding carboxylic acids is 2. The van der Waals surface area contributed by atoms with Gasteiger partial charge in [-0.25, -0.2) is 9.78 Å². The quantitative estimate of drug-likeness (QED) is 0.306. The average molecular weight is 827 g/mol. The van der Waals surface area contributed by atoms with Gasteiger partial charge >= 0.3 is 12.1 Å². The SMILES string of the molecule is CC[C@H]1OC(=O)[C@@H](C)[C@H]2OCC(=NOCc3ccc4ocnc4n3)CO[C@](C)(C[C@@H](C)C3=NCCN4C(=O)O[C@@]1(C)[C@H]4[C@H]3C)[C@H](O[C@H]1O[C@@H](C)C[C@@H](N(C)C)[C@@H]1O)[C@H]2C. The van der Waals surface area contributed by atoms with Gasteiger partial charge in [-0.1, -0.05) is 32.9 Å². The normalized spacial score (nSPS) is 40.4. The highest BCUT2D eigenvalue weighted by atomic mass is 16.7. The van der Waals surface area contributed by atoms with Gasteiger partial charge in [-0.3, -0.25) is 14.7 Å². The van der Waals surface area contributed by atoms with Crippen molar-refractivity contribution >= 4 is 34.7 Å². The van der Waals surface area contributed by atoms with Crippen LogP contribution in [0.2, 0.25) is 0 Å². The van der Waals surface area contributed by atoms with E-state index in [0.717, 1.165) is 5.71 Å². The van der Waals surface area contributed by atoms with Crippen LogP contribution in [0.4, 0.5) is 4.79 Å². The maximum atomic E-state index is 14.5. The van der Waals surface area contributed by atoms with Crippen molar-refractivity contribution < 1.29 is 52.4 Å². The number of amides is 1. The van der Waals surface area contributed by atoms with Crippen molar-refractivity contribution in [1.29, 1.82) is 0 Å². The highest BCUT2D eigenvalue weighted by Gasteiger charge is 2.60. The first kappa shape index (κ1) is 43.4. The lowest BCUT2D eigenvalue weighted by Crippen LogP contribution is -2.60. The van der Waals surface area contributed by atoms with Gasteiger partial charge in [-0.2, -0.15) is 4.98 Å². The molecule has 326 valence electrons. The predicted molar refractivity (Wildman–Crippen MR) is 215 cm³/mol. The monoisotopic (exact) mass is 826 g/mol. The summed E-state index contributed by atoms with van der Waals surface area (Å²) >= 11 is 0. The number of aliphatic hydroxyl groups is 1. The van der Waals surface area contributed by atoms with E-state index in [1.165, 1.54) is 6.39 Å². The molecule has 0 aliphatic carbocycles. The van der Waals surface area contributed by atoms with Crippen LogP contribution in [0.3, 0.4) is 0 Å². The van der Waals surface area contributed by atoms with Crippen molar-refractivity contribution in [2.45, 2.75) is 141 Å². The third-order valence-electron chi connectivity index (χ3n) is 13.2. The Hall–Kier alpha value is -3.74. The Morgan fingerprint density at radius 2 is 1.86 bits per heavy atom. The molecule has 1 N–H and O–H groups in total. The van der Waals surface area contributed by atoms with Crippen LogP contribution in [0.25, 0.3) is 11.2 Å². The fourth-order valence-corrected chi connectivity index (χ4v) is 10.3. The minimum atomic E-state index is -1.14. The molecule has 17 heteroatoms. The van der Waals surface area contributed by atoms with E-state index in [1.54, 1.807) is 24.0 Å². The van der Waals surface area contributed by atoms with Crippen LogP contribution in [0.1, 0.15) is 80.3 Å². The number of pyridine rings is 1. The smallest absolute Gasteiger partial charge is 0.410 e. The van der Waals surface area contributed by atoms with Crippen LogP contribution in [-0.2, 0) is 44.7 Å². The summed E-state index contributed by atoms with van der Waals surface area (Å²) in [5.41, 5.74) is 0.725. The average Bonchev–Trinajstić information content (AvgIpc) is 3.71. The Labute approximate surface area is 346 Å². The molecular formula is C42H62N6O11. The topological polar surface area (TPSA) is 189 Å². The molecule has 14 atom stereocenters. The number of aliphatic imine (C=N–C) groups is 1. The Morgan fingerprint density at radius 1 is 1.08 bits per heavy atom. The number of hydrogen-bond acceptors (Lipinski definition) is 16. The van der Waals surface area contributed by atoms with E-state index in [-0.39, 0.29) is 43.8 Å². The van der Waals surface area contributed by atoms with Crippen molar-refractivity contribution in [3.05, 3.63) is 24.2 Å². The third-order valence-corrected chi connectivity index (χ3v) is 13.2. The van der Waals surface area contributed by atoms with Gasteiger partial charge < -0.3 is 47.7 Å². The van der Waals surface area contributed by atoms with Crippen LogP contribution in [-0.4, -0.2) is 149 Å². The lowest BCUT2D eigenvalue weighted by atomic mass is 9.72. The number of hydrogen-bond donors (Lipinski definition) is 1. The standard InChI is InChI=1S/C42H62N6O11/c1-11-31-42(8)35-24(4)32(43-14-15-48(35)40(51)59-42)22(2)17-41(7)36(58-39-33(49)29(47(9)10)16-23(3)56-39)25(5)34(26(6)38(50)57-31)52-18-28(19-54-41)46-55-20-27-12-13-30-37(45-27)44-21-53-30/h12-13,21-26,29,31,33-36,39,49H,11,14-20H2,1-10H3/t22-,23+,24+,25+,26+,29-,31-,33+,34+,35-,36-,39-,41-,42-/m1/s1. The van der Waals surface area contributed by atoms with Gasteiger partial charge in [0, 0.05) is 30.1 Å². The zero-order chi connectivity index (χ0) is 42.4. The molecule has 4 fully saturated rings. The summed E-state index contributed by atoms with van der Waals surface area (Å²) in [5, 5.41) is 16.3. The first-order chi connectivity index (χ1) is 28.0. The summed E-state index contributed by atoms with van der Waals surface area (Å²) < 4.78 is 45.1. The molecule has 4 saturated heterocycles. The first-order valence-corrected chi connectivity index (χ1v) is 21.1. The number of oxime groups is 1. The van der Waals surface area contributed by atoms with E-state index in [0.29, 0.717) is 55.0 Å². The highest BCUT2D eigenvalue weighted by molar-refractivity contribution is 5.91. The Kier molecular flexibility index (Phi) is 12.7. The van der Waals surface area contributed by atoms with Gasteiger partial charge in [0.25, 0.3) is 0 Å². The second-order valence-corrected chi connectivity index (χ2v) is 17.8. The second-order valence-electron chi connectivity index (χ2n) is 17.8. The molecule has 4 bridgehead atoms. The minimum Gasteiger partial charge on any atom is -0.458 e. The van der Waals surface area contributed by atoms with Crippen molar-refractivity contribution in [2.75, 3.05) is 40.4 Å². The molecule has 0 saturated carbocycles. The summed E-state index contributed by atoms with van der Waals surface area (Å²) in [7, 11) is 3.86. The number of aliphatic hydroxyl groups excluding tert-OH is 1. The zero-order valence-corrected chi connectivity index (χ0v) is 36.0. The largest absolute Gasteiger partial charge is 0.458 e. The zero-order valence-electron chi connectivity index (χ0n) is 36.0. The maximum Gasteiger partial charge on any atom is 0.410 e. The number of aromatic nitrogens is 2. The fourth-order valence-electron chi connectivity index (χ4n) is 10.3. The molecule has 0 radical (unpaired) electrons. The van der Waals surface area contributed by atoms with Gasteiger partial charge in [0.15, 0.2) is 36.1 Å². The van der Waals surface area contributed by atoms with Crippen molar-refractivity contribution in [3.63, 3.8) is 0 Å². The van der Waals surface area contributed by atoms with E-state index >= 15 is 0 Å². The number of rotatable bonds is 7. The second kappa shape index (κ2) is 17.3. The van der Waals surface area contributed by atoms with Gasteiger partial charge in [0.2, 0.25) is 0 Å². The first-order valence-electron chi connectivity index (χ1n) is 21.1. The molecule has 5 aliphatic heterocycles. The van der Waals surface area contributed by atoms with E-state index in [2.05, 4.69) is 29.0 Å². The lowest BCUT2D eigenvalue weighted by Gasteiger charge is -2.48. The predicted octanol–water partition coefficient (Wildman–Crippen LogP) is 4.38. The van der Waals surface area contributed by atoms with Crippen LogP contribution in [0.5, 0.6) is 0 Å². The summed E-state index contributed by atoms with van der Waals surface area (Å²) in [6.45, 7) is 16.5. The summed E-state index contributed by atoms with van der Waals surface area (Å²) in [4.78, 5) is 51.4. The number of cyclic esters (lactones) is 1. The maximum absolute atomic E-state index is 14.5. The number of oxazole rings is 1. The molecule has 5 aliphatic rings. The molecule has 0 unspecified atom stereocenters. The number of nitrogens with zero attached hydrogens (tertiary/aromatic N) is 6. The lowest BCUT2D eigenvalue weighted by molar-refractivity contribution is -0.302. The van der Waals surface area contributed by atoms with Crippen LogP contribution in [0.15, 0.2) is 33.1 Å². The van der Waals surface area contributed by atoms with E-state index in [9.17, 15) is 14.7 Å². The summed E-state index contributed by atoms with van der Waals surface area (Å²) in [6, 6.07) is 2.88. The van der Waals surface area contributed by atoms with E-state index in [1.807, 2.05) is 53.6 Å². The molecule has 7 heterocycles. The van der Waals surface area contributed by atoms with Gasteiger partial charge in [0.05, 0.1) is 61.3 Å². The molecule has 2 aromatic heterocycles. The van der Waals surface area contributed by atoms with Crippen LogP contribution < -0.4 is 0 Å². The number of fused-ring (bicyclic) bond motifs is 5. The molecule has 17 nitrogen and oxygen atoms in total. The summed E-state index contributed by atoms with van der Waals surface area (Å²) in [6.07, 6.45) is -2.20. The highest BCUT2D eigenvalue weighted by Crippen LogP contribution is 2.45. The molecule has 7 rings (SSSR count). The number of esters is 1. The van der Waals surface area contributed by atoms with E-state index in [4.69, 9.17) is 42.7 Å². The minimum absolute atomic E-state index is 0.00134. The number of likely N-dealkylation sites (N-methyl/N-ethyl adjacent to an activating group) is 1. The van der Waals surface area contributed by atoms with Gasteiger partial charge in [0.1, 0.15) is 17.9 Å². The van der Waals surface area contributed by atoms with Crippen LogP contribution >= 0.6 is 0 Å². The molecule has 2 aromatic rings. The molecule has 1 amide bonds. The fraction of sp³-hybridized carbons (Fsp3) is 0.762. The van der Waals surface area contributed by atoms with Crippen molar-refractivity contribution in [3.8, 4) is 0 Å². The van der Waals surface area contributed by atoms with Crippen LogP contribution in [0, 0.1) is 23.7 Å². The third kappa shape index (κ3) is 8.47. The Balaban J connectivity index is 1.30. The molecular weight excluding hydrogens is 764 g/mol.